The van der Waals surface area contributed by atoms with Crippen molar-refractivity contribution in [2.75, 3.05) is 6.61 Å². The number of ether oxygens (including phenoxy) is 2. The fourth-order valence-electron chi connectivity index (χ4n) is 4.60. The molecule has 0 saturated carbocycles. The van der Waals surface area contributed by atoms with E-state index in [0.717, 1.165) is 27.9 Å². The van der Waals surface area contributed by atoms with E-state index in [2.05, 4.69) is 16.7 Å². The third kappa shape index (κ3) is 6.67. The molecule has 0 radical (unpaired) electrons. The van der Waals surface area contributed by atoms with Crippen LogP contribution in [0.4, 0.5) is 13.2 Å². The molecular weight excluding hydrogens is 555 g/mol. The van der Waals surface area contributed by atoms with Gasteiger partial charge in [0.05, 0.1) is 29.3 Å². The molecule has 0 saturated heterocycles. The summed E-state index contributed by atoms with van der Waals surface area (Å²) in [6.45, 7) is 6.43. The molecule has 0 bridgehead atoms. The van der Waals surface area contributed by atoms with E-state index in [0.29, 0.717) is 42.2 Å². The van der Waals surface area contributed by atoms with Crippen LogP contribution in [0.2, 0.25) is 0 Å². The summed E-state index contributed by atoms with van der Waals surface area (Å²) in [6.07, 6.45) is -0.905. The number of rotatable bonds is 10. The number of fused-ring (bicyclic) bond motifs is 1. The molecule has 0 aliphatic carbocycles. The van der Waals surface area contributed by atoms with Crippen LogP contribution in [-0.2, 0) is 19.2 Å². The van der Waals surface area contributed by atoms with E-state index in [-0.39, 0.29) is 16.8 Å². The van der Waals surface area contributed by atoms with Crippen molar-refractivity contribution >= 4 is 17.1 Å². The first-order chi connectivity index (χ1) is 20.8. The molecule has 5 rings (SSSR count). The largest absolute Gasteiger partial charge is 0.490 e. The van der Waals surface area contributed by atoms with Crippen LogP contribution < -0.4 is 15.0 Å². The molecule has 0 amide bonds. The summed E-state index contributed by atoms with van der Waals surface area (Å²) >= 11 is 0. The van der Waals surface area contributed by atoms with Crippen LogP contribution in [0, 0.1) is 0 Å². The molecule has 0 spiro atoms. The molecule has 0 N–H and O–H groups in total. The summed E-state index contributed by atoms with van der Waals surface area (Å²) in [5, 5.41) is 4.71. The van der Waals surface area contributed by atoms with E-state index < -0.39 is 17.3 Å². The highest BCUT2D eigenvalue weighted by atomic mass is 19.4. The van der Waals surface area contributed by atoms with Gasteiger partial charge in [0.2, 0.25) is 0 Å². The summed E-state index contributed by atoms with van der Waals surface area (Å²) in [5.41, 5.74) is 1.44. The van der Waals surface area contributed by atoms with Gasteiger partial charge in [0.25, 0.3) is 5.56 Å². The van der Waals surface area contributed by atoms with Crippen molar-refractivity contribution in [3.63, 3.8) is 0 Å². The Morgan fingerprint density at radius 1 is 0.953 bits per heavy atom. The average Bonchev–Trinajstić information content (AvgIpc) is 3.00. The maximum Gasteiger partial charge on any atom is 0.416 e. The van der Waals surface area contributed by atoms with Gasteiger partial charge in [-0.2, -0.15) is 22.9 Å². The van der Waals surface area contributed by atoms with Crippen molar-refractivity contribution in [3.05, 3.63) is 136 Å². The monoisotopic (exact) mass is 583 g/mol. The zero-order chi connectivity index (χ0) is 30.4. The number of para-hydroxylation sites is 1. The Labute approximate surface area is 246 Å². The lowest BCUT2D eigenvalue weighted by Crippen LogP contribution is -2.20. The van der Waals surface area contributed by atoms with Crippen molar-refractivity contribution in [2.24, 2.45) is 5.10 Å². The van der Waals surface area contributed by atoms with Crippen LogP contribution in [0.3, 0.4) is 0 Å². The molecule has 4 aromatic carbocycles. The van der Waals surface area contributed by atoms with Crippen molar-refractivity contribution in [3.8, 4) is 22.9 Å². The van der Waals surface area contributed by atoms with E-state index in [1.807, 2.05) is 43.3 Å². The first kappa shape index (κ1) is 29.3. The molecule has 9 heteroatoms. The Morgan fingerprint density at radius 3 is 2.47 bits per heavy atom. The molecule has 0 aliphatic heterocycles. The standard InChI is InChI=1S/C34H28F3N3O3/c1-3-11-25-18-24(19-30(42-4-2)31(25)43-22-23-12-6-5-7-13-23)21-38-40-32(26-14-10-15-27(20-26)34(35,36)37)39-29-17-9-8-16-28(29)33(40)41/h3,5-10,12-21H,1,4,11,22H2,2H3. The maximum absolute atomic E-state index is 13.6. The number of allylic oxidation sites excluding steroid dienone is 1. The van der Waals surface area contributed by atoms with Gasteiger partial charge in [-0.05, 0) is 60.9 Å². The van der Waals surface area contributed by atoms with Gasteiger partial charge >= 0.3 is 6.18 Å². The Kier molecular flexibility index (Phi) is 8.71. The third-order valence-corrected chi connectivity index (χ3v) is 6.57. The molecule has 0 atom stereocenters. The van der Waals surface area contributed by atoms with Gasteiger partial charge in [0.15, 0.2) is 17.3 Å². The number of aromatic nitrogens is 2. The fourth-order valence-corrected chi connectivity index (χ4v) is 4.60. The summed E-state index contributed by atoms with van der Waals surface area (Å²) in [7, 11) is 0. The first-order valence-electron chi connectivity index (χ1n) is 13.6. The zero-order valence-corrected chi connectivity index (χ0v) is 23.3. The highest BCUT2D eigenvalue weighted by Gasteiger charge is 2.31. The van der Waals surface area contributed by atoms with Crippen LogP contribution in [0.25, 0.3) is 22.3 Å². The Balaban J connectivity index is 1.61. The first-order valence-corrected chi connectivity index (χ1v) is 13.6. The van der Waals surface area contributed by atoms with Gasteiger partial charge < -0.3 is 9.47 Å². The molecule has 5 aromatic rings. The molecule has 1 heterocycles. The van der Waals surface area contributed by atoms with Crippen LogP contribution in [0.1, 0.15) is 29.2 Å². The second-order valence-electron chi connectivity index (χ2n) is 9.60. The summed E-state index contributed by atoms with van der Waals surface area (Å²) in [5.74, 6) is 1.03. The molecule has 1 aromatic heterocycles. The van der Waals surface area contributed by atoms with E-state index in [1.54, 1.807) is 36.4 Å². The molecule has 0 unspecified atom stereocenters. The second kappa shape index (κ2) is 12.8. The van der Waals surface area contributed by atoms with Crippen LogP contribution in [-0.4, -0.2) is 22.5 Å². The lowest BCUT2D eigenvalue weighted by Gasteiger charge is -2.17. The topological polar surface area (TPSA) is 65.7 Å². The van der Waals surface area contributed by atoms with Gasteiger partial charge in [-0.15, -0.1) is 6.58 Å². The number of benzene rings is 4. The van der Waals surface area contributed by atoms with Gasteiger partial charge in [-0.1, -0.05) is 60.7 Å². The number of hydrogen-bond donors (Lipinski definition) is 0. The highest BCUT2D eigenvalue weighted by Crippen LogP contribution is 2.35. The number of hydrogen-bond acceptors (Lipinski definition) is 5. The minimum atomic E-state index is -4.57. The molecule has 0 fully saturated rings. The Hall–Kier alpha value is -5.18. The predicted molar refractivity (Wildman–Crippen MR) is 162 cm³/mol. The maximum atomic E-state index is 13.6. The van der Waals surface area contributed by atoms with Gasteiger partial charge in [0, 0.05) is 11.1 Å². The SMILES string of the molecule is C=CCc1cc(C=Nn2c(-c3cccc(C(F)(F)F)c3)nc3ccccc3c2=O)cc(OCC)c1OCc1ccccc1. The number of nitrogens with zero attached hydrogens (tertiary/aromatic N) is 3. The average molecular weight is 584 g/mol. The molecular formula is C34H28F3N3O3. The summed E-state index contributed by atoms with van der Waals surface area (Å²) in [6, 6.07) is 24.6. The van der Waals surface area contributed by atoms with E-state index >= 15 is 0 Å². The smallest absolute Gasteiger partial charge is 0.416 e. The summed E-state index contributed by atoms with van der Waals surface area (Å²) < 4.78 is 53.7. The zero-order valence-electron chi connectivity index (χ0n) is 23.3. The minimum absolute atomic E-state index is 0.0230. The van der Waals surface area contributed by atoms with E-state index in [9.17, 15) is 18.0 Å². The predicted octanol–water partition coefficient (Wildman–Crippen LogP) is 7.67. The minimum Gasteiger partial charge on any atom is -0.490 e. The lowest BCUT2D eigenvalue weighted by atomic mass is 10.1. The van der Waals surface area contributed by atoms with E-state index in [4.69, 9.17) is 9.47 Å². The molecule has 0 aliphatic rings. The lowest BCUT2D eigenvalue weighted by molar-refractivity contribution is -0.137. The second-order valence-corrected chi connectivity index (χ2v) is 9.60. The number of halogens is 3. The highest BCUT2D eigenvalue weighted by molar-refractivity contribution is 5.83. The van der Waals surface area contributed by atoms with Crippen LogP contribution >= 0.6 is 0 Å². The fraction of sp³-hybridized carbons (Fsp3) is 0.147. The van der Waals surface area contributed by atoms with Gasteiger partial charge in [-0.25, -0.2) is 4.98 Å². The van der Waals surface area contributed by atoms with Crippen molar-refractivity contribution in [2.45, 2.75) is 26.1 Å². The van der Waals surface area contributed by atoms with Gasteiger partial charge in [-0.3, -0.25) is 4.79 Å². The van der Waals surface area contributed by atoms with E-state index in [1.165, 1.54) is 18.3 Å². The molecule has 6 nitrogen and oxygen atoms in total. The third-order valence-electron chi connectivity index (χ3n) is 6.57. The quantitative estimate of drug-likeness (QED) is 0.125. The normalized spacial score (nSPS) is 11.6. The van der Waals surface area contributed by atoms with Crippen LogP contribution in [0.15, 0.2) is 114 Å². The molecule has 43 heavy (non-hydrogen) atoms. The summed E-state index contributed by atoms with van der Waals surface area (Å²) in [4.78, 5) is 18.1. The van der Waals surface area contributed by atoms with Crippen molar-refractivity contribution < 1.29 is 22.6 Å². The van der Waals surface area contributed by atoms with Crippen molar-refractivity contribution in [1.82, 2.24) is 9.66 Å². The number of alkyl halides is 3. The van der Waals surface area contributed by atoms with Gasteiger partial charge in [0.1, 0.15) is 6.61 Å². The Morgan fingerprint density at radius 2 is 1.72 bits per heavy atom. The van der Waals surface area contributed by atoms with Crippen molar-refractivity contribution in [1.29, 1.82) is 0 Å². The molecule has 218 valence electrons. The Bertz CT molecular complexity index is 1850. The van der Waals surface area contributed by atoms with Crippen LogP contribution in [0.5, 0.6) is 11.5 Å².